The van der Waals surface area contributed by atoms with Crippen LogP contribution in [0.2, 0.25) is 0 Å². The van der Waals surface area contributed by atoms with E-state index in [1.165, 1.54) is 15.3 Å². The van der Waals surface area contributed by atoms with Crippen LogP contribution in [-0.4, -0.2) is 6.34 Å². The van der Waals surface area contributed by atoms with Crippen molar-refractivity contribution in [1.29, 1.82) is 0 Å². The van der Waals surface area contributed by atoms with E-state index in [0.717, 1.165) is 10.7 Å². The van der Waals surface area contributed by atoms with Crippen molar-refractivity contribution in [3.63, 3.8) is 0 Å². The molecule has 0 saturated heterocycles. The molecule has 0 radical (unpaired) electrons. The van der Waals surface area contributed by atoms with Gasteiger partial charge in [0, 0.05) is 15.5 Å². The van der Waals surface area contributed by atoms with E-state index in [-0.39, 0.29) is 18.4 Å². The molecule has 2 nitrogen and oxygen atoms in total. The lowest BCUT2D eigenvalue weighted by molar-refractivity contribution is 0.836. The molecule has 16 heavy (non-hydrogen) atoms. The van der Waals surface area contributed by atoms with Crippen molar-refractivity contribution in [3.8, 4) is 0 Å². The van der Waals surface area contributed by atoms with Crippen molar-refractivity contribution >= 4 is 41.7 Å². The zero-order valence-corrected chi connectivity index (χ0v) is 11.8. The van der Waals surface area contributed by atoms with E-state index in [1.54, 1.807) is 17.7 Å². The summed E-state index contributed by atoms with van der Waals surface area (Å²) in [4.78, 5) is 6.98. The Hall–Kier alpha value is -0.510. The number of hydrogen-bond donors (Lipinski definition) is 1. The second kappa shape index (κ2) is 5.21. The summed E-state index contributed by atoms with van der Waals surface area (Å²) in [5.41, 5.74) is 2.21. The Morgan fingerprint density at radius 3 is 2.62 bits per heavy atom. The van der Waals surface area contributed by atoms with Crippen LogP contribution in [0.3, 0.4) is 0 Å². The first-order valence-electron chi connectivity index (χ1n) is 4.81. The molecule has 0 spiro atoms. The Labute approximate surface area is 111 Å². The molecule has 0 bridgehead atoms. The number of nitrogens with zero attached hydrogens (tertiary/aromatic N) is 1. The smallest absolute Gasteiger partial charge is 0.115 e. The van der Waals surface area contributed by atoms with Crippen molar-refractivity contribution in [2.75, 3.05) is 0 Å². The molecule has 1 N–H and O–H groups in total. The van der Waals surface area contributed by atoms with Crippen molar-refractivity contribution < 1.29 is 0 Å². The van der Waals surface area contributed by atoms with Crippen molar-refractivity contribution in [1.82, 2.24) is 5.32 Å². The van der Waals surface area contributed by atoms with Crippen LogP contribution in [0.15, 0.2) is 21.8 Å². The molecule has 1 aliphatic rings. The summed E-state index contributed by atoms with van der Waals surface area (Å²) in [6.45, 7) is 6.19. The van der Waals surface area contributed by atoms with Crippen molar-refractivity contribution in [3.05, 3.63) is 32.1 Å². The van der Waals surface area contributed by atoms with E-state index in [9.17, 15) is 0 Å². The zero-order chi connectivity index (χ0) is 11.0. The van der Waals surface area contributed by atoms with Crippen LogP contribution < -0.4 is 5.32 Å². The topological polar surface area (TPSA) is 24.4 Å². The molecule has 1 unspecified atom stereocenters. The Morgan fingerprint density at radius 2 is 2.06 bits per heavy atom. The predicted octanol–water partition coefficient (Wildman–Crippen LogP) is 3.93. The van der Waals surface area contributed by atoms with Crippen LogP contribution in [0, 0.1) is 13.8 Å². The molecule has 0 fully saturated rings. The quantitative estimate of drug-likeness (QED) is 0.826. The molecule has 2 rings (SSSR count). The number of aliphatic imine (C=N–C) groups is 1. The number of nitrogens with one attached hydrogen (secondary N) is 1. The molecule has 1 aliphatic heterocycles. The first kappa shape index (κ1) is 13.6. The molecule has 1 aromatic rings. The van der Waals surface area contributed by atoms with Gasteiger partial charge in [0.15, 0.2) is 0 Å². The van der Waals surface area contributed by atoms with Gasteiger partial charge in [-0.15, -0.1) is 23.7 Å². The van der Waals surface area contributed by atoms with Crippen molar-refractivity contribution in [2.24, 2.45) is 4.99 Å². The minimum absolute atomic E-state index is 0. The highest BCUT2D eigenvalue weighted by molar-refractivity contribution is 7.12. The fourth-order valence-electron chi connectivity index (χ4n) is 1.69. The van der Waals surface area contributed by atoms with Crippen LogP contribution in [0.25, 0.3) is 0 Å². The molecule has 88 valence electrons. The fraction of sp³-hybridized carbons (Fsp3) is 0.364. The van der Waals surface area contributed by atoms with Crippen LogP contribution in [0.5, 0.6) is 0 Å². The van der Waals surface area contributed by atoms with Gasteiger partial charge in [0.2, 0.25) is 0 Å². The summed E-state index contributed by atoms with van der Waals surface area (Å²) in [5.74, 6) is 0. The third kappa shape index (κ3) is 2.42. The summed E-state index contributed by atoms with van der Waals surface area (Å²) in [6.07, 6.45) is 1.72. The third-order valence-electron chi connectivity index (χ3n) is 2.48. The molecular weight excluding hydrogens is 263 g/mol. The van der Waals surface area contributed by atoms with Gasteiger partial charge in [-0.1, -0.05) is 11.6 Å². The third-order valence-corrected chi connectivity index (χ3v) is 3.95. The average Bonchev–Trinajstić information content (AvgIpc) is 2.50. The van der Waals surface area contributed by atoms with E-state index in [0.29, 0.717) is 0 Å². The van der Waals surface area contributed by atoms with Gasteiger partial charge in [0.05, 0.1) is 11.4 Å². The lowest BCUT2D eigenvalue weighted by Gasteiger charge is -2.18. The Balaban J connectivity index is 0.00000128. The second-order valence-electron chi connectivity index (χ2n) is 3.67. The lowest BCUT2D eigenvalue weighted by Crippen LogP contribution is -2.17. The van der Waals surface area contributed by atoms with Crippen LogP contribution in [0.4, 0.5) is 0 Å². The zero-order valence-electron chi connectivity index (χ0n) is 9.37. The maximum Gasteiger partial charge on any atom is 0.115 e. The molecule has 0 aliphatic carbocycles. The largest absolute Gasteiger partial charge is 0.349 e. The SMILES string of the molecule is CC1=C(Cl)C(c2cc(C)sc2C)N=CN1.Cl. The van der Waals surface area contributed by atoms with Crippen LogP contribution in [0.1, 0.15) is 28.3 Å². The Kier molecular flexibility index (Phi) is 4.42. The van der Waals surface area contributed by atoms with Gasteiger partial charge in [0.1, 0.15) is 6.04 Å². The monoisotopic (exact) mass is 276 g/mol. The number of hydrogen-bond acceptors (Lipinski definition) is 3. The summed E-state index contributed by atoms with van der Waals surface area (Å²) in [5, 5.41) is 3.81. The standard InChI is InChI=1S/C11H13ClN2S.ClH/c1-6-4-9(8(3)15-6)11-10(12)7(2)13-5-14-11;/h4-5,11H,1-3H3,(H,13,14);1H. The van der Waals surface area contributed by atoms with Crippen LogP contribution >= 0.6 is 35.3 Å². The molecule has 0 amide bonds. The highest BCUT2D eigenvalue weighted by Gasteiger charge is 2.21. The summed E-state index contributed by atoms with van der Waals surface area (Å²) < 4.78 is 0. The van der Waals surface area contributed by atoms with Gasteiger partial charge in [-0.05, 0) is 32.4 Å². The normalized spacial score (nSPS) is 19.4. The van der Waals surface area contributed by atoms with Gasteiger partial charge in [-0.25, -0.2) is 0 Å². The summed E-state index contributed by atoms with van der Waals surface area (Å²) in [7, 11) is 0. The minimum Gasteiger partial charge on any atom is -0.349 e. The van der Waals surface area contributed by atoms with Gasteiger partial charge in [-0.3, -0.25) is 4.99 Å². The molecular formula is C11H14Cl2N2S. The summed E-state index contributed by atoms with van der Waals surface area (Å²) in [6, 6.07) is 2.15. The highest BCUT2D eigenvalue weighted by atomic mass is 35.5. The maximum atomic E-state index is 6.26. The molecule has 1 atom stereocenters. The van der Waals surface area contributed by atoms with E-state index >= 15 is 0 Å². The van der Waals surface area contributed by atoms with Crippen LogP contribution in [-0.2, 0) is 0 Å². The molecule has 2 heterocycles. The minimum atomic E-state index is -0.0159. The first-order valence-corrected chi connectivity index (χ1v) is 6.00. The summed E-state index contributed by atoms with van der Waals surface area (Å²) >= 11 is 8.05. The number of rotatable bonds is 1. The first-order chi connectivity index (χ1) is 7.09. The Bertz CT molecular complexity index is 449. The van der Waals surface area contributed by atoms with E-state index in [2.05, 4.69) is 30.2 Å². The Morgan fingerprint density at radius 1 is 1.38 bits per heavy atom. The number of allylic oxidation sites excluding steroid dienone is 1. The molecule has 0 saturated carbocycles. The average molecular weight is 277 g/mol. The molecule has 0 aromatic carbocycles. The lowest BCUT2D eigenvalue weighted by atomic mass is 10.1. The fourth-order valence-corrected chi connectivity index (χ4v) is 2.87. The van der Waals surface area contributed by atoms with E-state index in [1.807, 2.05) is 6.92 Å². The molecule has 1 aromatic heterocycles. The van der Waals surface area contributed by atoms with Gasteiger partial charge in [-0.2, -0.15) is 0 Å². The van der Waals surface area contributed by atoms with Gasteiger partial charge < -0.3 is 5.32 Å². The van der Waals surface area contributed by atoms with Gasteiger partial charge >= 0.3 is 0 Å². The maximum absolute atomic E-state index is 6.26. The molecule has 5 heteroatoms. The van der Waals surface area contributed by atoms with Gasteiger partial charge in [0.25, 0.3) is 0 Å². The second-order valence-corrected chi connectivity index (χ2v) is 5.53. The number of aryl methyl sites for hydroxylation is 2. The van der Waals surface area contributed by atoms with E-state index in [4.69, 9.17) is 11.6 Å². The number of halogens is 2. The predicted molar refractivity (Wildman–Crippen MR) is 74.0 cm³/mol. The van der Waals surface area contributed by atoms with E-state index < -0.39 is 0 Å². The highest BCUT2D eigenvalue weighted by Crippen LogP contribution is 2.36. The van der Waals surface area contributed by atoms with Crippen molar-refractivity contribution in [2.45, 2.75) is 26.8 Å². The number of thiophene rings is 1.